The van der Waals surface area contributed by atoms with E-state index in [-0.39, 0.29) is 18.6 Å². The molecule has 4 heteroatoms. The zero-order chi connectivity index (χ0) is 19.5. The van der Waals surface area contributed by atoms with Gasteiger partial charge in [-0.2, -0.15) is 0 Å². The first kappa shape index (κ1) is 24.3. The normalized spacial score (nSPS) is 11.3. The molecule has 0 amide bonds. The molecule has 0 aliphatic carbocycles. The van der Waals surface area contributed by atoms with Crippen molar-refractivity contribution in [3.63, 3.8) is 0 Å². The van der Waals surface area contributed by atoms with E-state index in [2.05, 4.69) is 36.0 Å². The Morgan fingerprint density at radius 3 is 1.92 bits per heavy atom. The van der Waals surface area contributed by atoms with Crippen molar-refractivity contribution < 1.29 is 19.1 Å². The zero-order valence-corrected chi connectivity index (χ0v) is 16.6. The van der Waals surface area contributed by atoms with Crippen LogP contribution >= 0.6 is 0 Å². The molecule has 0 aromatic carbocycles. The quantitative estimate of drug-likeness (QED) is 0.149. The number of rotatable bonds is 16. The van der Waals surface area contributed by atoms with E-state index in [0.29, 0.717) is 0 Å². The summed E-state index contributed by atoms with van der Waals surface area (Å²) in [6.45, 7) is 3.52. The van der Waals surface area contributed by atoms with Crippen LogP contribution in [0.3, 0.4) is 0 Å². The number of hydrogen-bond donors (Lipinski definition) is 0. The van der Waals surface area contributed by atoms with E-state index in [1.54, 1.807) is 0 Å². The van der Waals surface area contributed by atoms with Gasteiger partial charge in [-0.25, -0.2) is 0 Å². The molecule has 4 nitrogen and oxygen atoms in total. The summed E-state index contributed by atoms with van der Waals surface area (Å²) in [6.07, 6.45) is 21.2. The van der Waals surface area contributed by atoms with Crippen LogP contribution in [0.4, 0.5) is 0 Å². The lowest BCUT2D eigenvalue weighted by Crippen LogP contribution is -2.14. The number of carbonyl (C=O) groups is 3. The lowest BCUT2D eigenvalue weighted by molar-refractivity contribution is -0.160. The fraction of sp³-hybridized carbons (Fsp3) is 0.682. The SMILES string of the molecule is CCCCC/C=C\C/C=C\CCCCCCCC(=O)OC(=O)CC(C)=O. The Morgan fingerprint density at radius 1 is 0.731 bits per heavy atom. The monoisotopic (exact) mass is 364 g/mol. The van der Waals surface area contributed by atoms with E-state index in [1.807, 2.05) is 0 Å². The van der Waals surface area contributed by atoms with Crippen molar-refractivity contribution in [2.24, 2.45) is 0 Å². The summed E-state index contributed by atoms with van der Waals surface area (Å²) < 4.78 is 4.57. The van der Waals surface area contributed by atoms with Crippen molar-refractivity contribution in [2.75, 3.05) is 0 Å². The minimum Gasteiger partial charge on any atom is -0.393 e. The first-order chi connectivity index (χ1) is 12.6. The van der Waals surface area contributed by atoms with Gasteiger partial charge in [0.2, 0.25) is 0 Å². The molecule has 0 radical (unpaired) electrons. The number of carbonyl (C=O) groups excluding carboxylic acids is 3. The summed E-state index contributed by atoms with van der Waals surface area (Å²) >= 11 is 0. The average molecular weight is 365 g/mol. The van der Waals surface area contributed by atoms with Gasteiger partial charge in [0.05, 0.1) is 0 Å². The highest BCUT2D eigenvalue weighted by Gasteiger charge is 2.11. The van der Waals surface area contributed by atoms with E-state index in [9.17, 15) is 14.4 Å². The molecule has 0 heterocycles. The van der Waals surface area contributed by atoms with Gasteiger partial charge in [0, 0.05) is 6.42 Å². The van der Waals surface area contributed by atoms with Crippen LogP contribution in [0.5, 0.6) is 0 Å². The van der Waals surface area contributed by atoms with Crippen LogP contribution in [0.15, 0.2) is 24.3 Å². The average Bonchev–Trinajstić information content (AvgIpc) is 2.57. The molecule has 0 fully saturated rings. The molecule has 0 unspecified atom stereocenters. The largest absolute Gasteiger partial charge is 0.393 e. The van der Waals surface area contributed by atoms with Gasteiger partial charge in [-0.15, -0.1) is 0 Å². The summed E-state index contributed by atoms with van der Waals surface area (Å²) in [7, 11) is 0. The Kier molecular flexibility index (Phi) is 16.9. The predicted octanol–water partition coefficient (Wildman–Crippen LogP) is 5.85. The Balaban J connectivity index is 3.40. The number of ether oxygens (including phenoxy) is 1. The second kappa shape index (κ2) is 18.1. The Hall–Kier alpha value is -1.71. The van der Waals surface area contributed by atoms with Crippen molar-refractivity contribution in [3.8, 4) is 0 Å². The van der Waals surface area contributed by atoms with Gasteiger partial charge in [0.15, 0.2) is 0 Å². The van der Waals surface area contributed by atoms with Crippen LogP contribution in [0, 0.1) is 0 Å². The number of esters is 2. The summed E-state index contributed by atoms with van der Waals surface area (Å²) in [5, 5.41) is 0. The molecule has 0 aromatic rings. The summed E-state index contributed by atoms with van der Waals surface area (Å²) in [5.74, 6) is -1.56. The number of allylic oxidation sites excluding steroid dienone is 4. The molecule has 0 atom stereocenters. The highest BCUT2D eigenvalue weighted by Crippen LogP contribution is 2.09. The highest BCUT2D eigenvalue weighted by molar-refractivity contribution is 5.98. The molecule has 0 aliphatic heterocycles. The van der Waals surface area contributed by atoms with Gasteiger partial charge in [-0.3, -0.25) is 14.4 Å². The van der Waals surface area contributed by atoms with E-state index >= 15 is 0 Å². The molecule has 0 spiro atoms. The maximum Gasteiger partial charge on any atom is 0.320 e. The molecule has 0 aliphatic rings. The third kappa shape index (κ3) is 18.6. The van der Waals surface area contributed by atoms with Crippen LogP contribution in [0.2, 0.25) is 0 Å². The predicted molar refractivity (Wildman–Crippen MR) is 106 cm³/mol. The first-order valence-corrected chi connectivity index (χ1v) is 10.1. The van der Waals surface area contributed by atoms with Gasteiger partial charge < -0.3 is 4.74 Å². The lowest BCUT2D eigenvalue weighted by atomic mass is 10.1. The molecule has 0 saturated heterocycles. The highest BCUT2D eigenvalue weighted by atomic mass is 16.6. The molecule has 0 saturated carbocycles. The van der Waals surface area contributed by atoms with Crippen LogP contribution in [-0.4, -0.2) is 17.7 Å². The minimum atomic E-state index is -0.745. The van der Waals surface area contributed by atoms with Gasteiger partial charge in [-0.05, 0) is 45.4 Å². The van der Waals surface area contributed by atoms with Crippen LogP contribution in [-0.2, 0) is 19.1 Å². The number of Topliss-reactive ketones (excluding diaryl/α,β-unsaturated/α-hetero) is 1. The van der Waals surface area contributed by atoms with Crippen molar-refractivity contribution in [3.05, 3.63) is 24.3 Å². The minimum absolute atomic E-state index is 0.244. The Labute approximate surface area is 159 Å². The maximum atomic E-state index is 11.4. The first-order valence-electron chi connectivity index (χ1n) is 10.1. The van der Waals surface area contributed by atoms with Crippen LogP contribution in [0.25, 0.3) is 0 Å². The van der Waals surface area contributed by atoms with Gasteiger partial charge in [-0.1, -0.05) is 63.3 Å². The topological polar surface area (TPSA) is 60.4 Å². The van der Waals surface area contributed by atoms with Crippen molar-refractivity contribution in [2.45, 2.75) is 97.3 Å². The lowest BCUT2D eigenvalue weighted by Gasteiger charge is -2.02. The van der Waals surface area contributed by atoms with E-state index in [0.717, 1.165) is 44.9 Å². The van der Waals surface area contributed by atoms with E-state index in [1.165, 1.54) is 32.6 Å². The Bertz CT molecular complexity index is 449. The molecule has 26 heavy (non-hydrogen) atoms. The molecule has 0 aromatic heterocycles. The summed E-state index contributed by atoms with van der Waals surface area (Å²) in [5.41, 5.74) is 0. The summed E-state index contributed by atoms with van der Waals surface area (Å²) in [4.78, 5) is 33.3. The van der Waals surface area contributed by atoms with Gasteiger partial charge in [0.25, 0.3) is 0 Å². The van der Waals surface area contributed by atoms with Crippen LogP contribution in [0.1, 0.15) is 97.3 Å². The fourth-order valence-electron chi connectivity index (χ4n) is 2.50. The number of unbranched alkanes of at least 4 members (excludes halogenated alkanes) is 8. The molecule has 0 rings (SSSR count). The Morgan fingerprint density at radius 2 is 1.31 bits per heavy atom. The second-order valence-corrected chi connectivity index (χ2v) is 6.71. The van der Waals surface area contributed by atoms with Crippen molar-refractivity contribution >= 4 is 17.7 Å². The zero-order valence-electron chi connectivity index (χ0n) is 16.6. The fourth-order valence-corrected chi connectivity index (χ4v) is 2.50. The molecular formula is C22H36O4. The molecule has 0 N–H and O–H groups in total. The third-order valence-corrected chi connectivity index (χ3v) is 3.95. The molecular weight excluding hydrogens is 328 g/mol. The van der Waals surface area contributed by atoms with Crippen molar-refractivity contribution in [1.29, 1.82) is 0 Å². The van der Waals surface area contributed by atoms with E-state index < -0.39 is 11.9 Å². The third-order valence-electron chi connectivity index (χ3n) is 3.95. The smallest absolute Gasteiger partial charge is 0.320 e. The maximum absolute atomic E-state index is 11.4. The number of hydrogen-bond acceptors (Lipinski definition) is 4. The summed E-state index contributed by atoms with van der Waals surface area (Å²) in [6, 6.07) is 0. The van der Waals surface area contributed by atoms with Gasteiger partial charge in [0.1, 0.15) is 12.2 Å². The second-order valence-electron chi connectivity index (χ2n) is 6.71. The van der Waals surface area contributed by atoms with Gasteiger partial charge >= 0.3 is 11.9 Å². The van der Waals surface area contributed by atoms with Crippen LogP contribution < -0.4 is 0 Å². The molecule has 0 bridgehead atoms. The van der Waals surface area contributed by atoms with E-state index in [4.69, 9.17) is 0 Å². The number of ketones is 1. The van der Waals surface area contributed by atoms with Crippen molar-refractivity contribution in [1.82, 2.24) is 0 Å². The standard InChI is InChI=1S/C22H36O4/c1-3-4-5-6-7-8-9-10-11-12-13-14-15-16-17-18-21(24)26-22(25)19-20(2)23/h7-8,10-11H,3-6,9,12-19H2,1-2H3/b8-7-,11-10-. The molecule has 148 valence electrons.